The van der Waals surface area contributed by atoms with Gasteiger partial charge in [0, 0.05) is 5.75 Å². The fourth-order valence-electron chi connectivity index (χ4n) is 1.34. The standard InChI is InChI=1S/C11H14O2S3/c12-4-7-14-6-3-9-8-15-11(16-9)10-2-1-5-13-10/h1-2,5,8,11-12H,3-4,6-7H2. The molecule has 1 aliphatic heterocycles. The molecule has 0 bridgehead atoms. The van der Waals surface area contributed by atoms with Gasteiger partial charge in [0.1, 0.15) is 10.3 Å². The Morgan fingerprint density at radius 2 is 2.38 bits per heavy atom. The van der Waals surface area contributed by atoms with E-state index in [1.807, 2.05) is 35.7 Å². The molecule has 0 amide bonds. The Labute approximate surface area is 108 Å². The predicted octanol–water partition coefficient (Wildman–Crippen LogP) is 3.72. The van der Waals surface area contributed by atoms with Gasteiger partial charge in [-0.15, -0.1) is 23.5 Å². The number of furan rings is 1. The molecule has 5 heteroatoms. The summed E-state index contributed by atoms with van der Waals surface area (Å²) in [6.07, 6.45) is 2.82. The molecule has 1 N–H and O–H groups in total. The molecule has 1 aliphatic rings. The maximum absolute atomic E-state index is 8.67. The molecule has 0 fully saturated rings. The van der Waals surface area contributed by atoms with Crippen LogP contribution in [0.5, 0.6) is 0 Å². The van der Waals surface area contributed by atoms with Crippen LogP contribution in [0.1, 0.15) is 16.8 Å². The van der Waals surface area contributed by atoms with Crippen molar-refractivity contribution >= 4 is 35.3 Å². The smallest absolute Gasteiger partial charge is 0.127 e. The molecular weight excluding hydrogens is 260 g/mol. The molecule has 1 unspecified atom stereocenters. The highest BCUT2D eigenvalue weighted by Crippen LogP contribution is 2.51. The van der Waals surface area contributed by atoms with Crippen LogP contribution in [0.15, 0.2) is 33.1 Å². The molecule has 0 radical (unpaired) electrons. The van der Waals surface area contributed by atoms with E-state index >= 15 is 0 Å². The highest BCUT2D eigenvalue weighted by atomic mass is 32.2. The van der Waals surface area contributed by atoms with Crippen molar-refractivity contribution < 1.29 is 9.52 Å². The van der Waals surface area contributed by atoms with Crippen molar-refractivity contribution in [2.75, 3.05) is 18.1 Å². The zero-order valence-electron chi connectivity index (χ0n) is 8.80. The van der Waals surface area contributed by atoms with Gasteiger partial charge in [0.25, 0.3) is 0 Å². The van der Waals surface area contributed by atoms with Crippen molar-refractivity contribution in [3.8, 4) is 0 Å². The fraction of sp³-hybridized carbons (Fsp3) is 0.455. The average Bonchev–Trinajstić information content (AvgIpc) is 2.94. The minimum atomic E-state index is 0.278. The van der Waals surface area contributed by atoms with Gasteiger partial charge in [0.15, 0.2) is 0 Å². The molecule has 0 aromatic carbocycles. The highest BCUT2D eigenvalue weighted by molar-refractivity contribution is 8.22. The predicted molar refractivity (Wildman–Crippen MR) is 73.7 cm³/mol. The summed E-state index contributed by atoms with van der Waals surface area (Å²) >= 11 is 5.50. The van der Waals surface area contributed by atoms with E-state index in [1.54, 1.807) is 18.0 Å². The van der Waals surface area contributed by atoms with E-state index in [2.05, 4.69) is 5.41 Å². The van der Waals surface area contributed by atoms with Gasteiger partial charge in [-0.2, -0.15) is 11.8 Å². The molecule has 0 saturated heterocycles. The molecule has 0 saturated carbocycles. The minimum absolute atomic E-state index is 0.278. The molecule has 1 atom stereocenters. The Bertz CT molecular complexity index is 335. The van der Waals surface area contributed by atoms with E-state index in [4.69, 9.17) is 9.52 Å². The third-order valence-electron chi connectivity index (χ3n) is 2.09. The summed E-state index contributed by atoms with van der Waals surface area (Å²) in [5.41, 5.74) is 0. The molecular formula is C11H14O2S3. The largest absolute Gasteiger partial charge is 0.467 e. The lowest BCUT2D eigenvalue weighted by molar-refractivity contribution is 0.322. The normalized spacial score (nSPS) is 20.1. The van der Waals surface area contributed by atoms with Crippen LogP contribution in [-0.2, 0) is 0 Å². The van der Waals surface area contributed by atoms with E-state index in [0.717, 1.165) is 23.7 Å². The molecule has 88 valence electrons. The van der Waals surface area contributed by atoms with Gasteiger partial charge < -0.3 is 9.52 Å². The summed E-state index contributed by atoms with van der Waals surface area (Å²) in [6.45, 7) is 0.278. The molecule has 2 nitrogen and oxygen atoms in total. The first kappa shape index (κ1) is 12.5. The van der Waals surface area contributed by atoms with Crippen molar-refractivity contribution in [2.45, 2.75) is 11.0 Å². The number of hydrogen-bond acceptors (Lipinski definition) is 5. The minimum Gasteiger partial charge on any atom is -0.467 e. The third kappa shape index (κ3) is 3.52. The maximum atomic E-state index is 8.67. The van der Waals surface area contributed by atoms with Gasteiger partial charge in [0.2, 0.25) is 0 Å². The summed E-state index contributed by atoms with van der Waals surface area (Å²) in [7, 11) is 0. The van der Waals surface area contributed by atoms with Crippen LogP contribution in [0.4, 0.5) is 0 Å². The second-order valence-corrected chi connectivity index (χ2v) is 7.01. The number of aliphatic hydroxyl groups excluding tert-OH is 1. The Morgan fingerprint density at radius 1 is 1.44 bits per heavy atom. The molecule has 16 heavy (non-hydrogen) atoms. The summed E-state index contributed by atoms with van der Waals surface area (Å²) in [5.74, 6) is 2.97. The first-order valence-electron chi connectivity index (χ1n) is 5.13. The lowest BCUT2D eigenvalue weighted by atomic mass is 10.5. The molecule has 0 aliphatic carbocycles. The monoisotopic (exact) mass is 274 g/mol. The van der Waals surface area contributed by atoms with Crippen molar-refractivity contribution in [1.82, 2.24) is 0 Å². The van der Waals surface area contributed by atoms with Crippen LogP contribution < -0.4 is 0 Å². The Morgan fingerprint density at radius 3 is 3.12 bits per heavy atom. The van der Waals surface area contributed by atoms with E-state index in [9.17, 15) is 0 Å². The van der Waals surface area contributed by atoms with Crippen LogP contribution in [0, 0.1) is 0 Å². The quantitative estimate of drug-likeness (QED) is 0.800. The van der Waals surface area contributed by atoms with Gasteiger partial charge in [-0.05, 0) is 34.6 Å². The zero-order chi connectivity index (χ0) is 11.2. The van der Waals surface area contributed by atoms with Crippen molar-refractivity contribution in [3.63, 3.8) is 0 Å². The summed E-state index contributed by atoms with van der Waals surface area (Å²) in [4.78, 5) is 1.43. The van der Waals surface area contributed by atoms with Crippen molar-refractivity contribution in [1.29, 1.82) is 0 Å². The van der Waals surface area contributed by atoms with Crippen LogP contribution >= 0.6 is 35.3 Å². The molecule has 2 rings (SSSR count). The Balaban J connectivity index is 1.71. The zero-order valence-corrected chi connectivity index (χ0v) is 11.2. The molecule has 1 aromatic rings. The van der Waals surface area contributed by atoms with Crippen LogP contribution in [-0.4, -0.2) is 23.2 Å². The van der Waals surface area contributed by atoms with Gasteiger partial charge >= 0.3 is 0 Å². The second-order valence-electron chi connectivity index (χ2n) is 3.27. The first-order chi connectivity index (χ1) is 7.90. The van der Waals surface area contributed by atoms with Crippen molar-refractivity contribution in [2.24, 2.45) is 0 Å². The number of rotatable bonds is 6. The van der Waals surface area contributed by atoms with E-state index in [0.29, 0.717) is 4.58 Å². The highest BCUT2D eigenvalue weighted by Gasteiger charge is 2.22. The van der Waals surface area contributed by atoms with Gasteiger partial charge in [0.05, 0.1) is 12.9 Å². The Kier molecular flexibility index (Phi) is 5.22. The van der Waals surface area contributed by atoms with Crippen LogP contribution in [0.3, 0.4) is 0 Å². The molecule has 2 heterocycles. The first-order valence-corrected chi connectivity index (χ1v) is 8.11. The van der Waals surface area contributed by atoms with Gasteiger partial charge in [-0.25, -0.2) is 0 Å². The Hall–Kier alpha value is 0.0300. The van der Waals surface area contributed by atoms with Crippen LogP contribution in [0.25, 0.3) is 0 Å². The van der Waals surface area contributed by atoms with E-state index < -0.39 is 0 Å². The van der Waals surface area contributed by atoms with Crippen LogP contribution in [0.2, 0.25) is 0 Å². The lowest BCUT2D eigenvalue weighted by Crippen LogP contribution is -1.89. The third-order valence-corrected chi connectivity index (χ3v) is 5.79. The topological polar surface area (TPSA) is 33.4 Å². The average molecular weight is 274 g/mol. The van der Waals surface area contributed by atoms with E-state index in [1.165, 1.54) is 4.91 Å². The maximum Gasteiger partial charge on any atom is 0.127 e. The molecule has 0 spiro atoms. The van der Waals surface area contributed by atoms with Crippen molar-refractivity contribution in [3.05, 3.63) is 34.5 Å². The molecule has 1 aromatic heterocycles. The summed E-state index contributed by atoms with van der Waals surface area (Å²) in [5, 5.41) is 10.9. The van der Waals surface area contributed by atoms with E-state index in [-0.39, 0.29) is 6.61 Å². The van der Waals surface area contributed by atoms with Gasteiger partial charge in [-0.3, -0.25) is 0 Å². The second kappa shape index (κ2) is 6.69. The lowest BCUT2D eigenvalue weighted by Gasteiger charge is -2.05. The SMILES string of the molecule is OCCSCCC1=CSC(c2ccco2)S1. The number of hydrogen-bond donors (Lipinski definition) is 1. The number of thioether (sulfide) groups is 3. The number of allylic oxidation sites excluding steroid dienone is 1. The summed E-state index contributed by atoms with van der Waals surface area (Å²) < 4.78 is 5.79. The number of aliphatic hydroxyl groups is 1. The summed E-state index contributed by atoms with van der Waals surface area (Å²) in [6, 6.07) is 3.97. The van der Waals surface area contributed by atoms with Gasteiger partial charge in [-0.1, -0.05) is 0 Å². The fourth-order valence-corrected chi connectivity index (χ4v) is 4.72.